The van der Waals surface area contributed by atoms with E-state index in [1.165, 1.54) is 12.1 Å². The van der Waals surface area contributed by atoms with E-state index in [9.17, 15) is 9.90 Å². The second-order valence-electron chi connectivity index (χ2n) is 7.49. The van der Waals surface area contributed by atoms with E-state index in [1.807, 2.05) is 19.1 Å². The largest absolute Gasteiger partial charge is 0.478 e. The van der Waals surface area contributed by atoms with Gasteiger partial charge in [0.25, 0.3) is 6.01 Å². The maximum Gasteiger partial charge on any atom is 0.337 e. The fraction of sp³-hybridized carbons (Fsp3) is 0.125. The second kappa shape index (κ2) is 8.74. The zero-order valence-electron chi connectivity index (χ0n) is 18.1. The van der Waals surface area contributed by atoms with Gasteiger partial charge in [0.1, 0.15) is 5.82 Å². The number of aromatic nitrogens is 6. The molecule has 10 heteroatoms. The number of carbonyl (C=O) groups is 1. The van der Waals surface area contributed by atoms with E-state index in [-0.39, 0.29) is 18.1 Å². The molecule has 0 bridgehead atoms. The van der Waals surface area contributed by atoms with E-state index < -0.39 is 11.8 Å². The van der Waals surface area contributed by atoms with Crippen LogP contribution in [0, 0.1) is 5.82 Å². The van der Waals surface area contributed by atoms with Gasteiger partial charge in [-0.2, -0.15) is 10.2 Å². The first-order chi connectivity index (χ1) is 16.6. The lowest BCUT2D eigenvalue weighted by molar-refractivity contribution is 0.0698. The number of H-pyrrole nitrogens is 1. The SMILES string of the molecule is CCOc1nc2cccc(C(=O)O)c2n1Cc1ccc(-c2ccccc2-c2nn[nH]n2)c(F)c1. The summed E-state index contributed by atoms with van der Waals surface area (Å²) in [6.45, 7) is 2.35. The van der Waals surface area contributed by atoms with Crippen LogP contribution in [0.1, 0.15) is 22.8 Å². The summed E-state index contributed by atoms with van der Waals surface area (Å²) >= 11 is 0. The highest BCUT2D eigenvalue weighted by Gasteiger charge is 2.20. The number of carboxylic acid groups (broad SMARTS) is 1. The molecule has 9 nitrogen and oxygen atoms in total. The third-order valence-electron chi connectivity index (χ3n) is 5.41. The molecule has 2 aromatic heterocycles. The van der Waals surface area contributed by atoms with Gasteiger partial charge in [0.05, 0.1) is 29.7 Å². The highest BCUT2D eigenvalue weighted by Crippen LogP contribution is 2.33. The number of carboxylic acids is 1. The molecule has 0 spiro atoms. The molecular weight excluding hydrogens is 439 g/mol. The average Bonchev–Trinajstić information content (AvgIpc) is 3.48. The minimum absolute atomic E-state index is 0.0992. The number of hydrogen-bond donors (Lipinski definition) is 2. The Hall–Kier alpha value is -4.60. The fourth-order valence-corrected chi connectivity index (χ4v) is 3.97. The van der Waals surface area contributed by atoms with Crippen molar-refractivity contribution in [1.82, 2.24) is 30.2 Å². The van der Waals surface area contributed by atoms with Gasteiger partial charge >= 0.3 is 5.97 Å². The number of aromatic carboxylic acids is 1. The number of ether oxygens (including phenoxy) is 1. The normalized spacial score (nSPS) is 11.1. The van der Waals surface area contributed by atoms with Crippen LogP contribution >= 0.6 is 0 Å². The van der Waals surface area contributed by atoms with Crippen molar-refractivity contribution in [3.63, 3.8) is 0 Å². The Morgan fingerprint density at radius 3 is 2.62 bits per heavy atom. The van der Waals surface area contributed by atoms with Gasteiger partial charge in [0.2, 0.25) is 5.82 Å². The number of para-hydroxylation sites is 1. The molecule has 3 aromatic carbocycles. The fourth-order valence-electron chi connectivity index (χ4n) is 3.97. The molecule has 0 amide bonds. The number of rotatable bonds is 7. The Morgan fingerprint density at radius 1 is 1.09 bits per heavy atom. The van der Waals surface area contributed by atoms with Crippen molar-refractivity contribution in [2.24, 2.45) is 0 Å². The van der Waals surface area contributed by atoms with Crippen LogP contribution in [0.25, 0.3) is 33.5 Å². The quantitative estimate of drug-likeness (QED) is 0.376. The van der Waals surface area contributed by atoms with Crippen LogP contribution in [0.5, 0.6) is 6.01 Å². The molecule has 0 unspecified atom stereocenters. The van der Waals surface area contributed by atoms with E-state index in [0.29, 0.717) is 45.7 Å². The summed E-state index contributed by atoms with van der Waals surface area (Å²) in [5, 5.41) is 23.7. The lowest BCUT2D eigenvalue weighted by Crippen LogP contribution is -2.08. The predicted molar refractivity (Wildman–Crippen MR) is 122 cm³/mol. The number of imidazole rings is 1. The van der Waals surface area contributed by atoms with Crippen molar-refractivity contribution in [3.05, 3.63) is 77.6 Å². The standard InChI is InChI=1S/C24H19FN6O3/c1-2-34-24-26-20-9-5-8-18(23(32)33)21(20)31(24)13-14-10-11-16(19(25)12-14)15-6-3-4-7-17(15)22-27-29-30-28-22/h3-12H,2,13H2,1H3,(H,32,33)(H,27,28,29,30). The minimum atomic E-state index is -1.07. The highest BCUT2D eigenvalue weighted by molar-refractivity contribution is 6.01. The maximum absolute atomic E-state index is 15.3. The Balaban J connectivity index is 1.57. The Labute approximate surface area is 192 Å². The number of nitrogens with zero attached hydrogens (tertiary/aromatic N) is 5. The molecule has 170 valence electrons. The van der Waals surface area contributed by atoms with Gasteiger partial charge in [-0.05, 0) is 41.5 Å². The number of tetrazole rings is 1. The Morgan fingerprint density at radius 2 is 1.91 bits per heavy atom. The zero-order chi connectivity index (χ0) is 23.7. The van der Waals surface area contributed by atoms with Crippen molar-refractivity contribution >= 4 is 17.0 Å². The average molecular weight is 458 g/mol. The number of fused-ring (bicyclic) bond motifs is 1. The van der Waals surface area contributed by atoms with Gasteiger partial charge in [-0.1, -0.05) is 42.5 Å². The van der Waals surface area contributed by atoms with Gasteiger partial charge < -0.3 is 9.84 Å². The summed E-state index contributed by atoms with van der Waals surface area (Å²) in [7, 11) is 0. The van der Waals surface area contributed by atoms with Crippen molar-refractivity contribution < 1.29 is 19.0 Å². The topological polar surface area (TPSA) is 119 Å². The number of nitrogens with one attached hydrogen (secondary N) is 1. The predicted octanol–water partition coefficient (Wildman–Crippen LogP) is 4.17. The van der Waals surface area contributed by atoms with Crippen molar-refractivity contribution in [1.29, 1.82) is 0 Å². The molecule has 2 heterocycles. The van der Waals surface area contributed by atoms with Crippen molar-refractivity contribution in [3.8, 4) is 28.5 Å². The molecule has 0 aliphatic carbocycles. The minimum Gasteiger partial charge on any atom is -0.478 e. The molecule has 0 atom stereocenters. The lowest BCUT2D eigenvalue weighted by atomic mass is 9.97. The van der Waals surface area contributed by atoms with Gasteiger partial charge in [0, 0.05) is 11.1 Å². The molecule has 34 heavy (non-hydrogen) atoms. The molecule has 0 saturated heterocycles. The molecule has 0 aliphatic rings. The van der Waals surface area contributed by atoms with Gasteiger partial charge in [0.15, 0.2) is 0 Å². The molecule has 0 radical (unpaired) electrons. The number of benzene rings is 3. The van der Waals surface area contributed by atoms with Crippen LogP contribution in [0.2, 0.25) is 0 Å². The van der Waals surface area contributed by atoms with Crippen LogP contribution in [-0.2, 0) is 6.54 Å². The molecule has 5 rings (SSSR count). The highest BCUT2D eigenvalue weighted by atomic mass is 19.1. The smallest absolute Gasteiger partial charge is 0.337 e. The summed E-state index contributed by atoms with van der Waals surface area (Å²) in [4.78, 5) is 16.2. The summed E-state index contributed by atoms with van der Waals surface area (Å²) in [6.07, 6.45) is 0. The Bertz CT molecular complexity index is 1500. The van der Waals surface area contributed by atoms with E-state index in [1.54, 1.807) is 41.0 Å². The van der Waals surface area contributed by atoms with Crippen molar-refractivity contribution in [2.45, 2.75) is 13.5 Å². The third-order valence-corrected chi connectivity index (χ3v) is 5.41. The molecular formula is C24H19FN6O3. The van der Waals surface area contributed by atoms with Gasteiger partial charge in [-0.25, -0.2) is 9.18 Å². The van der Waals surface area contributed by atoms with E-state index in [4.69, 9.17) is 4.74 Å². The second-order valence-corrected chi connectivity index (χ2v) is 7.49. The van der Waals surface area contributed by atoms with Crippen LogP contribution in [-0.4, -0.2) is 47.9 Å². The summed E-state index contributed by atoms with van der Waals surface area (Å²) in [5.74, 6) is -1.14. The summed E-state index contributed by atoms with van der Waals surface area (Å²) < 4.78 is 22.7. The first kappa shape index (κ1) is 21.3. The molecule has 2 N–H and O–H groups in total. The van der Waals surface area contributed by atoms with Crippen LogP contribution < -0.4 is 4.74 Å². The monoisotopic (exact) mass is 458 g/mol. The van der Waals surface area contributed by atoms with Gasteiger partial charge in [-0.15, -0.1) is 10.2 Å². The number of aromatic amines is 1. The summed E-state index contributed by atoms with van der Waals surface area (Å²) in [5.41, 5.74) is 3.30. The van der Waals surface area contributed by atoms with Crippen LogP contribution in [0.4, 0.5) is 4.39 Å². The number of halogens is 1. The molecule has 0 saturated carbocycles. The van der Waals surface area contributed by atoms with E-state index in [2.05, 4.69) is 25.6 Å². The van der Waals surface area contributed by atoms with Crippen LogP contribution in [0.15, 0.2) is 60.7 Å². The van der Waals surface area contributed by atoms with Crippen molar-refractivity contribution in [2.75, 3.05) is 6.61 Å². The van der Waals surface area contributed by atoms with E-state index >= 15 is 4.39 Å². The lowest BCUT2D eigenvalue weighted by Gasteiger charge is -2.13. The van der Waals surface area contributed by atoms with Gasteiger partial charge in [-0.3, -0.25) is 4.57 Å². The molecule has 0 fully saturated rings. The molecule has 0 aliphatic heterocycles. The van der Waals surface area contributed by atoms with E-state index in [0.717, 1.165) is 0 Å². The number of hydrogen-bond acceptors (Lipinski definition) is 6. The summed E-state index contributed by atoms with van der Waals surface area (Å²) in [6, 6.07) is 17.3. The zero-order valence-corrected chi connectivity index (χ0v) is 18.1. The Kier molecular flexibility index (Phi) is 5.46. The third kappa shape index (κ3) is 3.75. The first-order valence-corrected chi connectivity index (χ1v) is 10.5. The maximum atomic E-state index is 15.3. The van der Waals surface area contributed by atoms with Crippen LogP contribution in [0.3, 0.4) is 0 Å². The first-order valence-electron chi connectivity index (χ1n) is 10.5. The molecule has 5 aromatic rings.